The summed E-state index contributed by atoms with van der Waals surface area (Å²) in [5.41, 5.74) is 14.9. The van der Waals surface area contributed by atoms with Gasteiger partial charge in [-0.1, -0.05) is 226 Å². The Kier molecular flexibility index (Phi) is 27.3. The molecule has 1 nitrogen and oxygen atoms in total. The third-order valence-corrected chi connectivity index (χ3v) is 14.8. The molecule has 0 saturated carbocycles. The van der Waals surface area contributed by atoms with Gasteiger partial charge in [-0.15, -0.1) is 48.8 Å². The van der Waals surface area contributed by atoms with E-state index in [1.54, 1.807) is 0 Å². The number of benzene rings is 8. The van der Waals surface area contributed by atoms with Crippen LogP contribution >= 0.6 is 48.8 Å². The maximum Gasteiger partial charge on any atom is 0.0790 e. The van der Waals surface area contributed by atoms with E-state index in [4.69, 9.17) is 11.6 Å². The summed E-state index contributed by atoms with van der Waals surface area (Å²) in [7, 11) is 0. The Morgan fingerprint density at radius 2 is 0.833 bits per heavy atom. The van der Waals surface area contributed by atoms with Crippen LogP contribution in [0.3, 0.4) is 0 Å². The highest BCUT2D eigenvalue weighted by molar-refractivity contribution is 6.20. The third-order valence-electron chi connectivity index (χ3n) is 14.4. The Morgan fingerprint density at radius 3 is 1.40 bits per heavy atom. The molecule has 1 N–H and O–H groups in total. The smallest absolute Gasteiger partial charge is 0.0790 e. The van der Waals surface area contributed by atoms with Gasteiger partial charge >= 0.3 is 0 Å². The molecule has 0 aliphatic heterocycles. The number of halogens is 4. The van der Waals surface area contributed by atoms with Crippen LogP contribution in [-0.4, -0.2) is 5.11 Å². The summed E-state index contributed by atoms with van der Waals surface area (Å²) in [4.78, 5) is 0. The Hall–Kier alpha value is -4.60. The minimum Gasteiger partial charge on any atom is -0.388 e. The van der Waals surface area contributed by atoms with Gasteiger partial charge in [-0.3, -0.25) is 0 Å². The van der Waals surface area contributed by atoms with Gasteiger partial charge in [-0.2, -0.15) is 0 Å². The summed E-state index contributed by atoms with van der Waals surface area (Å²) >= 11 is 6.60. The molecule has 8 aromatic rings. The van der Waals surface area contributed by atoms with Crippen molar-refractivity contribution in [3.8, 4) is 0 Å². The summed E-state index contributed by atoms with van der Waals surface area (Å²) in [5, 5.41) is 15.9. The minimum atomic E-state index is -0.357. The summed E-state index contributed by atoms with van der Waals surface area (Å²) in [6.07, 6.45) is 11.0. The molecule has 2 unspecified atom stereocenters. The molecule has 0 aliphatic rings. The number of unbranched alkanes of at least 4 members (excludes halogenated alkanes) is 1. The maximum absolute atomic E-state index is 10.4. The number of hydrogen-bond acceptors (Lipinski definition) is 1. The van der Waals surface area contributed by atoms with Crippen molar-refractivity contribution in [2.24, 2.45) is 0 Å². The van der Waals surface area contributed by atoms with Crippen molar-refractivity contribution >= 4 is 70.4 Å². The lowest BCUT2D eigenvalue weighted by atomic mass is 9.89. The molecule has 5 heteroatoms. The van der Waals surface area contributed by atoms with E-state index in [-0.39, 0.29) is 48.7 Å². The highest BCUT2D eigenvalue weighted by atomic mass is 35.5. The lowest BCUT2D eigenvalue weighted by Gasteiger charge is -2.16. The SMILES string of the molecule is Cc1cccc(C(Cl)CCC[C@H](C)c2cccc3ccccc23)c1.Cc1cccc(C(O)CCC[C@H](C)c2cccc3ccccc23)c1.Cc1cccc(CCCC[C@H](C)c2cccc(C)c2C)c1.Cl.Cl.Cl. The van der Waals surface area contributed by atoms with Crippen LogP contribution in [0.15, 0.2) is 176 Å². The Labute approximate surface area is 458 Å². The highest BCUT2D eigenvalue weighted by Gasteiger charge is 2.15. The van der Waals surface area contributed by atoms with Gasteiger partial charge in [0, 0.05) is 0 Å². The van der Waals surface area contributed by atoms with Crippen LogP contribution in [0.2, 0.25) is 0 Å². The van der Waals surface area contributed by atoms with E-state index in [0.717, 1.165) is 37.7 Å². The van der Waals surface area contributed by atoms with Gasteiger partial charge in [0.25, 0.3) is 0 Å². The van der Waals surface area contributed by atoms with E-state index >= 15 is 0 Å². The average Bonchev–Trinajstić information content (AvgIpc) is 3.36. The van der Waals surface area contributed by atoms with Crippen molar-refractivity contribution in [3.05, 3.63) is 237 Å². The molecule has 384 valence electrons. The van der Waals surface area contributed by atoms with Gasteiger partial charge in [0.15, 0.2) is 0 Å². The number of rotatable bonds is 18. The largest absolute Gasteiger partial charge is 0.388 e. The number of fused-ring (bicyclic) bond motifs is 2. The van der Waals surface area contributed by atoms with Gasteiger partial charge in [-0.25, -0.2) is 0 Å². The molecular formula is C67H82Cl4O. The van der Waals surface area contributed by atoms with Gasteiger partial charge < -0.3 is 5.11 Å². The molecule has 0 radical (unpaired) electrons. The van der Waals surface area contributed by atoms with Crippen LogP contribution < -0.4 is 0 Å². The molecule has 0 fully saturated rings. The number of alkyl halides is 1. The monoisotopic (exact) mass is 1040 g/mol. The fourth-order valence-corrected chi connectivity index (χ4v) is 10.4. The molecule has 8 aromatic carbocycles. The second-order valence-corrected chi connectivity index (χ2v) is 20.6. The molecule has 0 aliphatic carbocycles. The molecule has 0 spiro atoms. The van der Waals surface area contributed by atoms with E-state index < -0.39 is 0 Å². The molecule has 8 rings (SSSR count). The number of aliphatic hydroxyl groups is 1. The number of aryl methyl sites for hydroxylation is 5. The van der Waals surface area contributed by atoms with Gasteiger partial charge in [0.2, 0.25) is 0 Å². The standard InChI is InChI=1S/C23H25Cl.C23H26O.C21H28.3ClH/c2*1-17-8-5-12-20(16-17)23(24)15-6-9-18(2)21-14-7-11-19-10-3-4-13-22(19)21;1-16-9-7-13-20(15-16)12-6-5-10-18(3)21-14-8-11-17(2)19(21)4;;;/h3-5,7-8,10-14,16,18,23H,6,9,15H2,1-2H3;3-5,7-8,10-14,16,18,23-24H,6,9,15H2,1-2H3;7-9,11,13-15,18H,5-6,10,12H2,1-4H3;3*1H/t2*18-,23?;18-;;;/m000.../s1. The van der Waals surface area contributed by atoms with Crippen LogP contribution in [0.1, 0.15) is 169 Å². The van der Waals surface area contributed by atoms with Gasteiger partial charge in [0.1, 0.15) is 0 Å². The zero-order valence-corrected chi connectivity index (χ0v) is 47.5. The van der Waals surface area contributed by atoms with Crippen molar-refractivity contribution in [1.82, 2.24) is 0 Å². The first kappa shape index (κ1) is 61.7. The molecule has 0 aromatic heterocycles. The zero-order chi connectivity index (χ0) is 49.1. The van der Waals surface area contributed by atoms with Crippen LogP contribution in [0.25, 0.3) is 21.5 Å². The van der Waals surface area contributed by atoms with Crippen molar-refractivity contribution in [3.63, 3.8) is 0 Å². The minimum absolute atomic E-state index is 0. The summed E-state index contributed by atoms with van der Waals surface area (Å²) < 4.78 is 0. The quantitative estimate of drug-likeness (QED) is 0.0671. The molecule has 0 amide bonds. The van der Waals surface area contributed by atoms with Crippen molar-refractivity contribution in [2.45, 2.75) is 149 Å². The Bertz CT molecular complexity index is 2670. The Morgan fingerprint density at radius 1 is 0.403 bits per heavy atom. The summed E-state index contributed by atoms with van der Waals surface area (Å²) in [6.45, 7) is 17.8. The normalized spacial score (nSPS) is 12.8. The number of hydrogen-bond donors (Lipinski definition) is 1. The fraction of sp³-hybridized carbons (Fsp3) is 0.343. The lowest BCUT2D eigenvalue weighted by Crippen LogP contribution is -2.00. The molecule has 0 saturated heterocycles. The van der Waals surface area contributed by atoms with Crippen LogP contribution in [0, 0.1) is 34.6 Å². The summed E-state index contributed by atoms with van der Waals surface area (Å²) in [6, 6.07) is 62.8. The molecule has 72 heavy (non-hydrogen) atoms. The summed E-state index contributed by atoms with van der Waals surface area (Å²) in [5.74, 6) is 1.72. The molecule has 5 atom stereocenters. The second-order valence-electron chi connectivity index (χ2n) is 20.0. The van der Waals surface area contributed by atoms with E-state index in [2.05, 4.69) is 219 Å². The van der Waals surface area contributed by atoms with E-state index in [1.165, 1.54) is 109 Å². The maximum atomic E-state index is 10.4. The molecule has 0 bridgehead atoms. The van der Waals surface area contributed by atoms with Crippen LogP contribution in [-0.2, 0) is 6.42 Å². The molecular weight excluding hydrogens is 963 g/mol. The van der Waals surface area contributed by atoms with Gasteiger partial charge in [0.05, 0.1) is 11.5 Å². The van der Waals surface area contributed by atoms with Crippen molar-refractivity contribution < 1.29 is 5.11 Å². The first-order valence-electron chi connectivity index (χ1n) is 25.9. The van der Waals surface area contributed by atoms with Crippen LogP contribution in [0.4, 0.5) is 0 Å². The zero-order valence-electron chi connectivity index (χ0n) is 44.3. The fourth-order valence-electron chi connectivity index (χ4n) is 10.1. The first-order valence-corrected chi connectivity index (χ1v) is 26.3. The van der Waals surface area contributed by atoms with E-state index in [0.29, 0.717) is 17.8 Å². The predicted molar refractivity (Wildman–Crippen MR) is 323 cm³/mol. The number of aliphatic hydroxyl groups excluding tert-OH is 1. The van der Waals surface area contributed by atoms with Crippen LogP contribution in [0.5, 0.6) is 0 Å². The van der Waals surface area contributed by atoms with Gasteiger partial charge in [-0.05, 0) is 170 Å². The highest BCUT2D eigenvalue weighted by Crippen LogP contribution is 2.34. The van der Waals surface area contributed by atoms with E-state index in [9.17, 15) is 5.11 Å². The third kappa shape index (κ3) is 18.7. The predicted octanol–water partition coefficient (Wildman–Crippen LogP) is 21.0. The average molecular weight is 1050 g/mol. The second kappa shape index (κ2) is 31.9. The van der Waals surface area contributed by atoms with E-state index in [1.807, 2.05) is 12.1 Å². The molecule has 0 heterocycles. The topological polar surface area (TPSA) is 20.2 Å². The first-order chi connectivity index (χ1) is 33.4. The van der Waals surface area contributed by atoms with Crippen molar-refractivity contribution in [1.29, 1.82) is 0 Å². The van der Waals surface area contributed by atoms with Crippen molar-refractivity contribution in [2.75, 3.05) is 0 Å². The Balaban J connectivity index is 0.000000280. The lowest BCUT2D eigenvalue weighted by molar-refractivity contribution is 0.163.